The predicted octanol–water partition coefficient (Wildman–Crippen LogP) is 5.89. The third-order valence-corrected chi connectivity index (χ3v) is 5.26. The van der Waals surface area contributed by atoms with Gasteiger partial charge in [0.1, 0.15) is 0 Å². The molecule has 0 aliphatic heterocycles. The Morgan fingerprint density at radius 1 is 1.14 bits per heavy atom. The van der Waals surface area contributed by atoms with E-state index in [2.05, 4.69) is 78.5 Å². The molecule has 4 aromatic rings. The summed E-state index contributed by atoms with van der Waals surface area (Å²) in [4.78, 5) is 9.55. The molecule has 2 aromatic carbocycles. The topological polar surface area (TPSA) is 30.2 Å². The third-order valence-electron chi connectivity index (χ3n) is 5.26. The van der Waals surface area contributed by atoms with Crippen LogP contribution >= 0.6 is 0 Å². The lowest BCUT2D eigenvalue weighted by Gasteiger charge is -2.11. The van der Waals surface area contributed by atoms with Crippen molar-refractivity contribution in [2.75, 3.05) is 0 Å². The number of allylic oxidation sites excluding steroid dienone is 1. The van der Waals surface area contributed by atoms with Crippen molar-refractivity contribution < 1.29 is 0 Å². The molecule has 0 radical (unpaired) electrons. The maximum absolute atomic E-state index is 5.00. The van der Waals surface area contributed by atoms with Crippen LogP contribution in [-0.4, -0.2) is 14.4 Å². The molecule has 0 atom stereocenters. The SMILES string of the molecule is C=C(C)c1cccc(-c2cn3ccnc3c(Cc3ccc(C)c(CC)c3)n2)c1. The first-order chi connectivity index (χ1) is 13.5. The fraction of sp³-hybridized carbons (Fsp3) is 0.200. The molecule has 0 saturated carbocycles. The van der Waals surface area contributed by atoms with Gasteiger partial charge in [-0.05, 0) is 48.6 Å². The Kier molecular flexibility index (Phi) is 4.82. The molecule has 0 spiro atoms. The zero-order valence-corrected chi connectivity index (χ0v) is 16.7. The van der Waals surface area contributed by atoms with Gasteiger partial charge in [0.15, 0.2) is 5.65 Å². The van der Waals surface area contributed by atoms with Crippen molar-refractivity contribution >= 4 is 11.2 Å². The van der Waals surface area contributed by atoms with Gasteiger partial charge in [-0.1, -0.05) is 55.5 Å². The first-order valence-electron chi connectivity index (χ1n) is 9.72. The summed E-state index contributed by atoms with van der Waals surface area (Å²) in [5.74, 6) is 0. The Morgan fingerprint density at radius 3 is 2.79 bits per heavy atom. The van der Waals surface area contributed by atoms with Gasteiger partial charge in [-0.15, -0.1) is 0 Å². The predicted molar refractivity (Wildman–Crippen MR) is 116 cm³/mol. The highest BCUT2D eigenvalue weighted by Crippen LogP contribution is 2.24. The van der Waals surface area contributed by atoms with Gasteiger partial charge >= 0.3 is 0 Å². The van der Waals surface area contributed by atoms with Crippen molar-refractivity contribution in [1.29, 1.82) is 0 Å². The fourth-order valence-electron chi connectivity index (χ4n) is 3.61. The molecule has 0 N–H and O–H groups in total. The van der Waals surface area contributed by atoms with Gasteiger partial charge < -0.3 is 4.40 Å². The summed E-state index contributed by atoms with van der Waals surface area (Å²) in [5.41, 5.74) is 10.1. The van der Waals surface area contributed by atoms with E-state index in [1.807, 2.05) is 19.3 Å². The van der Waals surface area contributed by atoms with Crippen molar-refractivity contribution in [2.45, 2.75) is 33.6 Å². The quantitative estimate of drug-likeness (QED) is 0.440. The molecule has 2 heterocycles. The van der Waals surface area contributed by atoms with Gasteiger partial charge in [-0.2, -0.15) is 0 Å². The van der Waals surface area contributed by atoms with E-state index >= 15 is 0 Å². The minimum Gasteiger partial charge on any atom is -0.303 e. The van der Waals surface area contributed by atoms with Crippen LogP contribution in [0, 0.1) is 6.92 Å². The second-order valence-corrected chi connectivity index (χ2v) is 7.38. The molecule has 28 heavy (non-hydrogen) atoms. The van der Waals surface area contributed by atoms with E-state index < -0.39 is 0 Å². The summed E-state index contributed by atoms with van der Waals surface area (Å²) in [6.45, 7) is 10.5. The number of aryl methyl sites for hydroxylation is 2. The molecule has 3 nitrogen and oxygen atoms in total. The van der Waals surface area contributed by atoms with Crippen molar-refractivity contribution in [1.82, 2.24) is 14.4 Å². The number of hydrogen-bond acceptors (Lipinski definition) is 2. The molecule has 140 valence electrons. The van der Waals surface area contributed by atoms with Crippen LogP contribution in [0.2, 0.25) is 0 Å². The Bertz CT molecular complexity index is 1170. The van der Waals surface area contributed by atoms with Crippen molar-refractivity contribution in [2.24, 2.45) is 0 Å². The first-order valence-corrected chi connectivity index (χ1v) is 9.72. The summed E-state index contributed by atoms with van der Waals surface area (Å²) < 4.78 is 2.07. The third kappa shape index (κ3) is 3.48. The van der Waals surface area contributed by atoms with Crippen LogP contribution in [0.4, 0.5) is 0 Å². The van der Waals surface area contributed by atoms with E-state index in [4.69, 9.17) is 4.98 Å². The lowest BCUT2D eigenvalue weighted by Crippen LogP contribution is -2.01. The highest BCUT2D eigenvalue weighted by Gasteiger charge is 2.11. The highest BCUT2D eigenvalue weighted by molar-refractivity contribution is 5.69. The number of nitrogens with zero attached hydrogens (tertiary/aromatic N) is 3. The smallest absolute Gasteiger partial charge is 0.158 e. The van der Waals surface area contributed by atoms with Crippen LogP contribution in [0.3, 0.4) is 0 Å². The molecule has 2 aromatic heterocycles. The minimum absolute atomic E-state index is 0.766. The molecule has 0 amide bonds. The zero-order chi connectivity index (χ0) is 19.7. The molecule has 0 aliphatic rings. The summed E-state index contributed by atoms with van der Waals surface area (Å²) >= 11 is 0. The van der Waals surface area contributed by atoms with Gasteiger partial charge in [0, 0.05) is 30.6 Å². The van der Waals surface area contributed by atoms with E-state index in [0.717, 1.165) is 46.6 Å². The van der Waals surface area contributed by atoms with Gasteiger partial charge in [0.05, 0.1) is 11.4 Å². The minimum atomic E-state index is 0.766. The van der Waals surface area contributed by atoms with E-state index in [0.29, 0.717) is 0 Å². The molecule has 0 aliphatic carbocycles. The summed E-state index contributed by atoms with van der Waals surface area (Å²) in [5, 5.41) is 0. The Hall–Kier alpha value is -3.20. The monoisotopic (exact) mass is 367 g/mol. The number of aromatic nitrogens is 3. The van der Waals surface area contributed by atoms with Crippen molar-refractivity contribution in [3.63, 3.8) is 0 Å². The average Bonchev–Trinajstić information content (AvgIpc) is 3.18. The maximum Gasteiger partial charge on any atom is 0.158 e. The van der Waals surface area contributed by atoms with Crippen molar-refractivity contribution in [3.8, 4) is 11.3 Å². The van der Waals surface area contributed by atoms with Gasteiger partial charge in [-0.25, -0.2) is 9.97 Å². The van der Waals surface area contributed by atoms with E-state index in [1.54, 1.807) is 0 Å². The number of rotatable bonds is 5. The molecule has 3 heteroatoms. The maximum atomic E-state index is 5.00. The lowest BCUT2D eigenvalue weighted by atomic mass is 10.00. The standard InChI is InChI=1S/C25H25N3/c1-5-20-13-19(10-9-18(20)4)14-23-25-26-11-12-28(25)16-24(27-23)22-8-6-7-21(15-22)17(2)3/h6-13,15-16H,2,5,14H2,1,3-4H3. The van der Waals surface area contributed by atoms with Gasteiger partial charge in [0.2, 0.25) is 0 Å². The summed E-state index contributed by atoms with van der Waals surface area (Å²) in [6.07, 6.45) is 7.68. The molecular weight excluding hydrogens is 342 g/mol. The number of fused-ring (bicyclic) bond motifs is 1. The van der Waals surface area contributed by atoms with E-state index in [1.165, 1.54) is 16.7 Å². The largest absolute Gasteiger partial charge is 0.303 e. The first kappa shape index (κ1) is 18.2. The normalized spacial score (nSPS) is 11.1. The zero-order valence-electron chi connectivity index (χ0n) is 16.7. The van der Waals surface area contributed by atoms with Crippen LogP contribution < -0.4 is 0 Å². The van der Waals surface area contributed by atoms with E-state index in [-0.39, 0.29) is 0 Å². The molecule has 0 fully saturated rings. The van der Waals surface area contributed by atoms with Gasteiger partial charge in [0.25, 0.3) is 0 Å². The second-order valence-electron chi connectivity index (χ2n) is 7.38. The van der Waals surface area contributed by atoms with Crippen LogP contribution in [-0.2, 0) is 12.8 Å². The van der Waals surface area contributed by atoms with Crippen molar-refractivity contribution in [3.05, 3.63) is 95.6 Å². The Morgan fingerprint density at radius 2 is 2.00 bits per heavy atom. The lowest BCUT2D eigenvalue weighted by molar-refractivity contribution is 1.01. The van der Waals surface area contributed by atoms with Gasteiger partial charge in [-0.3, -0.25) is 0 Å². The highest BCUT2D eigenvalue weighted by atomic mass is 15.0. The fourth-order valence-corrected chi connectivity index (χ4v) is 3.61. The van der Waals surface area contributed by atoms with E-state index in [9.17, 15) is 0 Å². The number of imidazole rings is 1. The average molecular weight is 367 g/mol. The molecular formula is C25H25N3. The molecule has 4 rings (SSSR count). The number of hydrogen-bond donors (Lipinski definition) is 0. The van der Waals surface area contributed by atoms with Crippen LogP contribution in [0.5, 0.6) is 0 Å². The Balaban J connectivity index is 1.80. The summed E-state index contributed by atoms with van der Waals surface area (Å²) in [6, 6.07) is 15.1. The molecule has 0 saturated heterocycles. The second kappa shape index (κ2) is 7.43. The Labute approximate surface area is 166 Å². The molecule has 0 bridgehead atoms. The van der Waals surface area contributed by atoms with Crippen LogP contribution in [0.1, 0.15) is 41.8 Å². The van der Waals surface area contributed by atoms with Crippen LogP contribution in [0.25, 0.3) is 22.5 Å². The summed E-state index contributed by atoms with van der Waals surface area (Å²) in [7, 11) is 0. The molecule has 0 unspecified atom stereocenters. The number of benzene rings is 2. The van der Waals surface area contributed by atoms with Crippen LogP contribution in [0.15, 0.2) is 67.6 Å².